The van der Waals surface area contributed by atoms with E-state index in [1.165, 1.54) is 0 Å². The summed E-state index contributed by atoms with van der Waals surface area (Å²) in [5.41, 5.74) is 2.63. The first-order valence-corrected chi connectivity index (χ1v) is 9.13. The number of halogens is 1. The van der Waals surface area contributed by atoms with Crippen molar-refractivity contribution in [3.05, 3.63) is 58.3 Å². The molecule has 0 aliphatic carbocycles. The van der Waals surface area contributed by atoms with Crippen LogP contribution in [0.15, 0.2) is 47.1 Å². The van der Waals surface area contributed by atoms with Gasteiger partial charge in [-0.05, 0) is 65.2 Å². The van der Waals surface area contributed by atoms with Crippen LogP contribution in [0.25, 0.3) is 0 Å². The van der Waals surface area contributed by atoms with Crippen LogP contribution in [0, 0.1) is 5.92 Å². The van der Waals surface area contributed by atoms with Crippen LogP contribution in [0.1, 0.15) is 28.9 Å². The number of nitrogens with one attached hydrogen (secondary N) is 1. The molecule has 1 aromatic carbocycles. The average Bonchev–Trinajstić information content (AvgIpc) is 2.67. The maximum absolute atomic E-state index is 12.4. The van der Waals surface area contributed by atoms with Crippen LogP contribution < -0.4 is 10.2 Å². The number of carbonyl (C=O) groups excluding carboxylic acids is 2. The third kappa shape index (κ3) is 4.66. The van der Waals surface area contributed by atoms with Gasteiger partial charge in [0.1, 0.15) is 6.29 Å². The molecule has 6 heteroatoms. The van der Waals surface area contributed by atoms with Crippen molar-refractivity contribution in [2.45, 2.75) is 19.4 Å². The number of aldehydes is 1. The average molecular weight is 402 g/mol. The molecule has 1 fully saturated rings. The van der Waals surface area contributed by atoms with Gasteiger partial charge in [-0.2, -0.15) is 0 Å². The van der Waals surface area contributed by atoms with Gasteiger partial charge in [0.05, 0.1) is 12.2 Å². The molecule has 5 nitrogen and oxygen atoms in total. The van der Waals surface area contributed by atoms with Crippen molar-refractivity contribution in [2.24, 2.45) is 5.92 Å². The second-order valence-electron chi connectivity index (χ2n) is 6.16. The van der Waals surface area contributed by atoms with Crippen LogP contribution in [0.3, 0.4) is 0 Å². The summed E-state index contributed by atoms with van der Waals surface area (Å²) in [6, 6.07) is 11.4. The summed E-state index contributed by atoms with van der Waals surface area (Å²) in [6.45, 7) is 2.14. The SMILES string of the molecule is O=Cc1ccc(N2CCC(C(=O)NCc3ccc(Br)cn3)CC2)cc1. The predicted molar refractivity (Wildman–Crippen MR) is 101 cm³/mol. The largest absolute Gasteiger partial charge is 0.371 e. The van der Waals surface area contributed by atoms with Crippen molar-refractivity contribution in [1.82, 2.24) is 10.3 Å². The number of aromatic nitrogens is 1. The van der Waals surface area contributed by atoms with Gasteiger partial charge in [-0.25, -0.2) is 0 Å². The second-order valence-corrected chi connectivity index (χ2v) is 7.07. The molecule has 0 bridgehead atoms. The fourth-order valence-electron chi connectivity index (χ4n) is 3.00. The van der Waals surface area contributed by atoms with E-state index in [9.17, 15) is 9.59 Å². The standard InChI is InChI=1S/C19H20BrN3O2/c20-16-3-4-17(21-11-16)12-22-19(25)15-7-9-23(10-8-15)18-5-1-14(13-24)2-6-18/h1-6,11,13,15H,7-10,12H2,(H,22,25). The van der Waals surface area contributed by atoms with Crippen molar-refractivity contribution < 1.29 is 9.59 Å². The van der Waals surface area contributed by atoms with Crippen molar-refractivity contribution in [1.29, 1.82) is 0 Å². The lowest BCUT2D eigenvalue weighted by atomic mass is 9.95. The van der Waals surface area contributed by atoms with Crippen molar-refractivity contribution in [3.63, 3.8) is 0 Å². The molecular weight excluding hydrogens is 382 g/mol. The number of nitrogens with zero attached hydrogens (tertiary/aromatic N) is 2. The van der Waals surface area contributed by atoms with Gasteiger partial charge in [0.15, 0.2) is 0 Å². The van der Waals surface area contributed by atoms with E-state index in [-0.39, 0.29) is 11.8 Å². The monoisotopic (exact) mass is 401 g/mol. The summed E-state index contributed by atoms with van der Waals surface area (Å²) in [4.78, 5) is 29.6. The van der Waals surface area contributed by atoms with Gasteiger partial charge in [0, 0.05) is 40.9 Å². The normalized spacial score (nSPS) is 15.0. The number of hydrogen-bond donors (Lipinski definition) is 1. The van der Waals surface area contributed by atoms with Gasteiger partial charge < -0.3 is 10.2 Å². The van der Waals surface area contributed by atoms with Crippen molar-refractivity contribution in [2.75, 3.05) is 18.0 Å². The zero-order valence-electron chi connectivity index (χ0n) is 13.8. The molecule has 1 saturated heterocycles. The zero-order valence-corrected chi connectivity index (χ0v) is 15.4. The molecule has 0 radical (unpaired) electrons. The summed E-state index contributed by atoms with van der Waals surface area (Å²) in [5, 5.41) is 2.98. The van der Waals surface area contributed by atoms with Crippen LogP contribution >= 0.6 is 15.9 Å². The van der Waals surface area contributed by atoms with E-state index >= 15 is 0 Å². The maximum Gasteiger partial charge on any atom is 0.223 e. The Hall–Kier alpha value is -2.21. The summed E-state index contributed by atoms with van der Waals surface area (Å²) in [7, 11) is 0. The summed E-state index contributed by atoms with van der Waals surface area (Å²) in [6.07, 6.45) is 4.24. The molecule has 130 valence electrons. The van der Waals surface area contributed by atoms with Gasteiger partial charge in [0.2, 0.25) is 5.91 Å². The van der Waals surface area contributed by atoms with Crippen LogP contribution in [0.4, 0.5) is 5.69 Å². The lowest BCUT2D eigenvalue weighted by Crippen LogP contribution is -2.40. The lowest BCUT2D eigenvalue weighted by Gasteiger charge is -2.33. The Labute approximate surface area is 155 Å². The van der Waals surface area contributed by atoms with E-state index in [2.05, 4.69) is 31.1 Å². The summed E-state index contributed by atoms with van der Waals surface area (Å²) < 4.78 is 0.927. The highest BCUT2D eigenvalue weighted by molar-refractivity contribution is 9.10. The minimum absolute atomic E-state index is 0.0425. The fourth-order valence-corrected chi connectivity index (χ4v) is 3.23. The molecular formula is C19H20BrN3O2. The fraction of sp³-hybridized carbons (Fsp3) is 0.316. The topological polar surface area (TPSA) is 62.3 Å². The molecule has 0 atom stereocenters. The number of hydrogen-bond acceptors (Lipinski definition) is 4. The van der Waals surface area contributed by atoms with Crippen molar-refractivity contribution >= 4 is 33.8 Å². The van der Waals surface area contributed by atoms with Gasteiger partial charge in [-0.15, -0.1) is 0 Å². The van der Waals surface area contributed by atoms with E-state index in [1.807, 2.05) is 36.4 Å². The Kier molecular flexibility index (Phi) is 5.81. The minimum atomic E-state index is 0.0425. The highest BCUT2D eigenvalue weighted by atomic mass is 79.9. The molecule has 3 rings (SSSR count). The first-order chi connectivity index (χ1) is 12.2. The highest BCUT2D eigenvalue weighted by Gasteiger charge is 2.25. The molecule has 2 heterocycles. The number of benzene rings is 1. The molecule has 0 saturated carbocycles. The number of anilines is 1. The van der Waals surface area contributed by atoms with Crippen LogP contribution in [-0.4, -0.2) is 30.3 Å². The van der Waals surface area contributed by atoms with Gasteiger partial charge in [0.25, 0.3) is 0 Å². The lowest BCUT2D eigenvalue weighted by molar-refractivity contribution is -0.125. The molecule has 1 N–H and O–H groups in total. The Morgan fingerprint density at radius 3 is 2.52 bits per heavy atom. The number of carbonyl (C=O) groups is 2. The number of pyridine rings is 1. The first kappa shape index (κ1) is 17.6. The molecule has 0 spiro atoms. The van der Waals surface area contributed by atoms with Crippen molar-refractivity contribution in [3.8, 4) is 0 Å². The van der Waals surface area contributed by atoms with Crippen LogP contribution in [0.5, 0.6) is 0 Å². The smallest absolute Gasteiger partial charge is 0.223 e. The van der Waals surface area contributed by atoms with Gasteiger partial charge >= 0.3 is 0 Å². The molecule has 2 aromatic rings. The maximum atomic E-state index is 12.4. The Morgan fingerprint density at radius 1 is 1.20 bits per heavy atom. The highest BCUT2D eigenvalue weighted by Crippen LogP contribution is 2.23. The van der Waals surface area contributed by atoms with Gasteiger partial charge in [-0.3, -0.25) is 14.6 Å². The quantitative estimate of drug-likeness (QED) is 0.781. The van der Waals surface area contributed by atoms with E-state index < -0.39 is 0 Å². The molecule has 1 aliphatic heterocycles. The number of piperidine rings is 1. The minimum Gasteiger partial charge on any atom is -0.371 e. The Bertz CT molecular complexity index is 723. The third-order valence-electron chi connectivity index (χ3n) is 4.49. The molecule has 1 aromatic heterocycles. The third-order valence-corrected chi connectivity index (χ3v) is 4.96. The van der Waals surface area contributed by atoms with Crippen LogP contribution in [0.2, 0.25) is 0 Å². The van der Waals surface area contributed by atoms with Crippen LogP contribution in [-0.2, 0) is 11.3 Å². The van der Waals surface area contributed by atoms with E-state index in [0.717, 1.165) is 48.1 Å². The first-order valence-electron chi connectivity index (χ1n) is 8.34. The Balaban J connectivity index is 1.48. The molecule has 0 unspecified atom stereocenters. The Morgan fingerprint density at radius 2 is 1.92 bits per heavy atom. The molecule has 1 aliphatic rings. The van der Waals surface area contributed by atoms with E-state index in [4.69, 9.17) is 0 Å². The van der Waals surface area contributed by atoms with E-state index in [1.54, 1.807) is 6.20 Å². The van der Waals surface area contributed by atoms with Gasteiger partial charge in [-0.1, -0.05) is 0 Å². The predicted octanol–water partition coefficient (Wildman–Crippen LogP) is 3.19. The second kappa shape index (κ2) is 8.25. The summed E-state index contributed by atoms with van der Waals surface area (Å²) >= 11 is 3.35. The number of rotatable bonds is 5. The van der Waals surface area contributed by atoms with E-state index in [0.29, 0.717) is 12.1 Å². The summed E-state index contributed by atoms with van der Waals surface area (Å²) in [5.74, 6) is 0.140. The zero-order chi connectivity index (χ0) is 17.6. The molecule has 1 amide bonds. The number of amides is 1. The molecule has 25 heavy (non-hydrogen) atoms.